The van der Waals surface area contributed by atoms with Crippen LogP contribution in [0.5, 0.6) is 0 Å². The minimum absolute atomic E-state index is 0.0640. The molecule has 1 amide bonds. The van der Waals surface area contributed by atoms with Gasteiger partial charge in [0.25, 0.3) is 0 Å². The summed E-state index contributed by atoms with van der Waals surface area (Å²) in [7, 11) is 0. The number of allylic oxidation sites excluding steroid dienone is 2. The molecule has 5 saturated carbocycles. The Morgan fingerprint density at radius 2 is 1.49 bits per heavy atom. The molecule has 8 heteroatoms. The molecule has 0 heterocycles. The lowest BCUT2D eigenvalue weighted by molar-refractivity contribution is -0.250. The van der Waals surface area contributed by atoms with E-state index < -0.39 is 17.4 Å². The van der Waals surface area contributed by atoms with Gasteiger partial charge in [0.15, 0.2) is 0 Å². The van der Waals surface area contributed by atoms with E-state index in [-0.39, 0.29) is 64.4 Å². The molecule has 5 fully saturated rings. The van der Waals surface area contributed by atoms with E-state index in [4.69, 9.17) is 9.47 Å². The molecule has 0 bridgehead atoms. The van der Waals surface area contributed by atoms with Crippen LogP contribution in [0.15, 0.2) is 24.5 Å². The molecule has 0 aliphatic heterocycles. The molecule has 2 N–H and O–H groups in total. The number of carboxylic acids is 1. The number of fused-ring (bicyclic) bond motifs is 7. The first-order chi connectivity index (χ1) is 23.5. The lowest BCUT2D eigenvalue weighted by atomic mass is 9.32. The average molecular weight is 710 g/mol. The molecule has 5 aliphatic rings. The zero-order valence-corrected chi connectivity index (χ0v) is 33.2. The number of hydrogen-bond donors (Lipinski definition) is 2. The average Bonchev–Trinajstić information content (AvgIpc) is 3.36. The maximum atomic E-state index is 13.5. The summed E-state index contributed by atoms with van der Waals surface area (Å²) in [6.07, 6.45) is 10.9. The maximum Gasteiger partial charge on any atom is 0.330 e. The third kappa shape index (κ3) is 6.96. The van der Waals surface area contributed by atoms with Gasteiger partial charge in [-0.15, -0.1) is 0 Å². The number of rotatable bonds is 11. The van der Waals surface area contributed by atoms with Gasteiger partial charge in [0, 0.05) is 11.8 Å². The number of aliphatic carboxylic acids is 1. The molecule has 0 radical (unpaired) electrons. The monoisotopic (exact) mass is 709 g/mol. The van der Waals surface area contributed by atoms with Crippen LogP contribution < -0.4 is 5.32 Å². The van der Waals surface area contributed by atoms with E-state index in [0.29, 0.717) is 41.8 Å². The van der Waals surface area contributed by atoms with Crippen molar-refractivity contribution >= 4 is 23.8 Å². The minimum atomic E-state index is -0.898. The van der Waals surface area contributed by atoms with Crippen molar-refractivity contribution < 1.29 is 33.8 Å². The zero-order valence-electron chi connectivity index (χ0n) is 33.2. The van der Waals surface area contributed by atoms with Crippen LogP contribution in [-0.4, -0.2) is 41.6 Å². The second kappa shape index (κ2) is 13.6. The van der Waals surface area contributed by atoms with Crippen molar-refractivity contribution in [1.82, 2.24) is 5.32 Å². The van der Waals surface area contributed by atoms with Gasteiger partial charge in [0.05, 0.1) is 18.6 Å². The van der Waals surface area contributed by atoms with E-state index in [1.54, 1.807) is 6.92 Å². The van der Waals surface area contributed by atoms with Crippen LogP contribution >= 0.6 is 0 Å². The fourth-order valence-corrected chi connectivity index (χ4v) is 13.6. The van der Waals surface area contributed by atoms with E-state index in [9.17, 15) is 24.3 Å². The molecule has 8 nitrogen and oxygen atoms in total. The van der Waals surface area contributed by atoms with Gasteiger partial charge in [-0.05, 0) is 135 Å². The van der Waals surface area contributed by atoms with Crippen molar-refractivity contribution in [3.8, 4) is 0 Å². The second-order valence-corrected chi connectivity index (χ2v) is 19.9. The van der Waals surface area contributed by atoms with E-state index in [2.05, 4.69) is 60.0 Å². The molecule has 5 aliphatic carbocycles. The third-order valence-electron chi connectivity index (χ3n) is 15.9. The fourth-order valence-electron chi connectivity index (χ4n) is 13.6. The minimum Gasteiger partial charge on any atom is -0.481 e. The van der Waals surface area contributed by atoms with Crippen molar-refractivity contribution in [3.63, 3.8) is 0 Å². The summed E-state index contributed by atoms with van der Waals surface area (Å²) in [5.74, 6) is 0.833. The lowest BCUT2D eigenvalue weighted by Crippen LogP contribution is -2.67. The Hall–Kier alpha value is -2.64. The van der Waals surface area contributed by atoms with Crippen LogP contribution in [0, 0.1) is 62.1 Å². The van der Waals surface area contributed by atoms with Crippen molar-refractivity contribution in [1.29, 1.82) is 0 Å². The highest BCUT2D eigenvalue weighted by molar-refractivity contribution is 5.82. The Kier molecular flexibility index (Phi) is 10.6. The number of nitrogens with one attached hydrogen (secondary N) is 1. The summed E-state index contributed by atoms with van der Waals surface area (Å²) >= 11 is 0. The van der Waals surface area contributed by atoms with Gasteiger partial charge in [-0.25, -0.2) is 4.79 Å². The number of esters is 2. The van der Waals surface area contributed by atoms with Gasteiger partial charge in [0.2, 0.25) is 5.91 Å². The first-order valence-electron chi connectivity index (χ1n) is 19.7. The molecule has 51 heavy (non-hydrogen) atoms. The SMILES string of the molecule is C=C(C)OC(=O)CNC(=O)C[C@]12CC[C@@H](C(=C)C)[C@@H]1[C@H]1CC[C@@H]3[C@@]4(C)CC[C@H](OC(=O)CC(C)(C)CC(=O)O)C(C)(C)[C@@H]4CC[C@@]3(C)[C@]1(C)CC2. The Bertz CT molecular complexity index is 1450. The molecule has 0 aromatic carbocycles. The molecule has 0 unspecified atom stereocenters. The third-order valence-corrected chi connectivity index (χ3v) is 15.9. The van der Waals surface area contributed by atoms with Crippen LogP contribution in [0.4, 0.5) is 0 Å². The number of ether oxygens (including phenoxy) is 2. The Balaban J connectivity index is 1.36. The molecule has 10 atom stereocenters. The van der Waals surface area contributed by atoms with Crippen molar-refractivity contribution in [2.24, 2.45) is 62.1 Å². The normalized spacial score (nSPS) is 39.6. The highest BCUT2D eigenvalue weighted by atomic mass is 16.5. The largest absolute Gasteiger partial charge is 0.481 e. The van der Waals surface area contributed by atoms with E-state index in [1.165, 1.54) is 12.0 Å². The number of carbonyl (C=O) groups is 4. The predicted octanol–water partition coefficient (Wildman–Crippen LogP) is 9.03. The standard InChI is InChI=1S/C43H67NO7/c1-26(2)28-14-19-43(22-33(45)44-25-36(49)50-27(3)4)21-20-41(10)29(37(28)43)12-13-31-40(9)17-16-32(39(7,8)30(40)15-18-42(31,41)11)51-35(48)24-38(5,6)23-34(46)47/h28-32,37H,1,3,12-25H2,2,4-11H3,(H,44,45)(H,46,47)/t28-,29+,30-,31+,32-,37+,40-,41+,42+,43+/m0/s1. The van der Waals surface area contributed by atoms with Gasteiger partial charge in [-0.3, -0.25) is 14.4 Å². The number of hydrogen-bond acceptors (Lipinski definition) is 6. The van der Waals surface area contributed by atoms with Crippen LogP contribution in [0.2, 0.25) is 0 Å². The van der Waals surface area contributed by atoms with Gasteiger partial charge < -0.3 is 19.9 Å². The Morgan fingerprint density at radius 1 is 0.804 bits per heavy atom. The van der Waals surface area contributed by atoms with E-state index >= 15 is 0 Å². The summed E-state index contributed by atoms with van der Waals surface area (Å²) in [5.41, 5.74) is 0.683. The number of amides is 1. The molecule has 0 aromatic heterocycles. The highest BCUT2D eigenvalue weighted by Crippen LogP contribution is 2.78. The Morgan fingerprint density at radius 3 is 2.12 bits per heavy atom. The topological polar surface area (TPSA) is 119 Å². The number of carboxylic acid groups (broad SMARTS) is 1. The molecule has 0 saturated heterocycles. The van der Waals surface area contributed by atoms with Crippen LogP contribution in [0.3, 0.4) is 0 Å². The summed E-state index contributed by atoms with van der Waals surface area (Å²) in [6, 6.07) is 0. The maximum absolute atomic E-state index is 13.5. The predicted molar refractivity (Wildman–Crippen MR) is 198 cm³/mol. The summed E-state index contributed by atoms with van der Waals surface area (Å²) in [4.78, 5) is 50.3. The van der Waals surface area contributed by atoms with Crippen LogP contribution in [-0.2, 0) is 28.7 Å². The van der Waals surface area contributed by atoms with E-state index in [1.807, 2.05) is 13.8 Å². The molecule has 0 spiro atoms. The summed E-state index contributed by atoms with van der Waals surface area (Å²) in [5, 5.41) is 12.2. The van der Waals surface area contributed by atoms with E-state index in [0.717, 1.165) is 57.8 Å². The number of carbonyl (C=O) groups excluding carboxylic acids is 3. The van der Waals surface area contributed by atoms with Crippen molar-refractivity contribution in [2.75, 3.05) is 6.54 Å². The van der Waals surface area contributed by atoms with Crippen molar-refractivity contribution in [3.05, 3.63) is 24.5 Å². The summed E-state index contributed by atoms with van der Waals surface area (Å²) in [6.45, 7) is 27.8. The highest BCUT2D eigenvalue weighted by Gasteiger charge is 2.71. The van der Waals surface area contributed by atoms with Gasteiger partial charge in [0.1, 0.15) is 12.6 Å². The van der Waals surface area contributed by atoms with Crippen LogP contribution in [0.1, 0.15) is 146 Å². The molecule has 5 rings (SSSR count). The first kappa shape index (κ1) is 39.6. The Labute approximate surface area is 307 Å². The zero-order chi connectivity index (χ0) is 37.9. The summed E-state index contributed by atoms with van der Waals surface area (Å²) < 4.78 is 11.3. The quantitative estimate of drug-likeness (QED) is 0.125. The second-order valence-electron chi connectivity index (χ2n) is 19.9. The molecule has 0 aromatic rings. The van der Waals surface area contributed by atoms with Crippen LogP contribution in [0.25, 0.3) is 0 Å². The first-order valence-corrected chi connectivity index (χ1v) is 19.7. The van der Waals surface area contributed by atoms with Gasteiger partial charge >= 0.3 is 17.9 Å². The molecule has 286 valence electrons. The van der Waals surface area contributed by atoms with Crippen molar-refractivity contribution in [2.45, 2.75) is 152 Å². The lowest BCUT2D eigenvalue weighted by Gasteiger charge is -2.73. The smallest absolute Gasteiger partial charge is 0.330 e. The van der Waals surface area contributed by atoms with Gasteiger partial charge in [-0.1, -0.05) is 67.2 Å². The van der Waals surface area contributed by atoms with Gasteiger partial charge in [-0.2, -0.15) is 0 Å². The fraction of sp³-hybridized carbons (Fsp3) is 0.814. The molecular weight excluding hydrogens is 642 g/mol. The molecular formula is C43H67NO7.